The summed E-state index contributed by atoms with van der Waals surface area (Å²) in [6.45, 7) is 0.291. The van der Waals surface area contributed by atoms with Crippen LogP contribution in [0, 0.1) is 0 Å². The Kier molecular flexibility index (Phi) is 5.16. The summed E-state index contributed by atoms with van der Waals surface area (Å²) in [6, 6.07) is 4.58. The number of carbonyl (C=O) groups is 4. The number of carbonyl (C=O) groups excluding carboxylic acids is 4. The Bertz CT molecular complexity index is 1440. The van der Waals surface area contributed by atoms with Crippen molar-refractivity contribution in [2.24, 2.45) is 7.05 Å². The van der Waals surface area contributed by atoms with Gasteiger partial charge in [-0.05, 0) is 49.8 Å². The summed E-state index contributed by atoms with van der Waals surface area (Å²) in [5.41, 5.74) is 4.09. The molecule has 4 heterocycles. The van der Waals surface area contributed by atoms with Crippen LogP contribution in [0.15, 0.2) is 24.4 Å². The maximum atomic E-state index is 13.1. The van der Waals surface area contributed by atoms with E-state index in [9.17, 15) is 19.2 Å². The second kappa shape index (κ2) is 8.40. The SMILES string of the molecule is Cn1c(NC(=O)c2cn(-c3ccc4c(c3)C(=O)N(C3CCC(=O)NC3=O)C4)nn2)nc2c1CCCC2. The smallest absolute Gasteiger partial charge is 0.280 e. The van der Waals surface area contributed by atoms with Gasteiger partial charge in [0.2, 0.25) is 17.8 Å². The molecule has 184 valence electrons. The highest BCUT2D eigenvalue weighted by molar-refractivity contribution is 6.05. The number of fused-ring (bicyclic) bond motifs is 2. The number of imidazole rings is 1. The molecule has 2 N–H and O–H groups in total. The molecule has 1 saturated heterocycles. The van der Waals surface area contributed by atoms with Crippen molar-refractivity contribution in [1.82, 2.24) is 34.8 Å². The number of benzene rings is 1. The summed E-state index contributed by atoms with van der Waals surface area (Å²) >= 11 is 0. The number of hydrogen-bond acceptors (Lipinski definition) is 7. The van der Waals surface area contributed by atoms with Crippen LogP contribution in [0.3, 0.4) is 0 Å². The fourth-order valence-corrected chi connectivity index (χ4v) is 5.14. The van der Waals surface area contributed by atoms with Crippen molar-refractivity contribution >= 4 is 29.6 Å². The van der Waals surface area contributed by atoms with E-state index in [0.717, 1.165) is 42.6 Å². The molecule has 2 aliphatic heterocycles. The monoisotopic (exact) mass is 488 g/mol. The Morgan fingerprint density at radius 1 is 1.14 bits per heavy atom. The van der Waals surface area contributed by atoms with Gasteiger partial charge in [-0.1, -0.05) is 11.3 Å². The number of rotatable bonds is 4. The molecule has 3 aromatic rings. The normalized spacial score (nSPS) is 19.2. The summed E-state index contributed by atoms with van der Waals surface area (Å²) in [5.74, 6) is -0.992. The van der Waals surface area contributed by atoms with Gasteiger partial charge in [-0.25, -0.2) is 9.67 Å². The third-order valence-electron chi connectivity index (χ3n) is 7.10. The number of imide groups is 1. The van der Waals surface area contributed by atoms with Gasteiger partial charge in [0.25, 0.3) is 11.8 Å². The van der Waals surface area contributed by atoms with Gasteiger partial charge in [-0.3, -0.25) is 29.8 Å². The maximum absolute atomic E-state index is 13.1. The quantitative estimate of drug-likeness (QED) is 0.519. The van der Waals surface area contributed by atoms with E-state index in [1.807, 2.05) is 11.6 Å². The van der Waals surface area contributed by atoms with Gasteiger partial charge in [-0.2, -0.15) is 0 Å². The van der Waals surface area contributed by atoms with Crippen molar-refractivity contribution in [3.05, 3.63) is 52.6 Å². The number of aryl methyl sites for hydroxylation is 1. The predicted octanol–water partition coefficient (Wildman–Crippen LogP) is 0.893. The average Bonchev–Trinajstić information content (AvgIpc) is 3.56. The molecule has 12 heteroatoms. The summed E-state index contributed by atoms with van der Waals surface area (Å²) in [7, 11) is 1.89. The minimum Gasteiger partial charge on any atom is -0.322 e. The van der Waals surface area contributed by atoms with Gasteiger partial charge in [-0.15, -0.1) is 5.10 Å². The molecule has 4 amide bonds. The Morgan fingerprint density at radius 2 is 1.97 bits per heavy atom. The minimum atomic E-state index is -0.676. The van der Waals surface area contributed by atoms with E-state index in [1.54, 1.807) is 18.2 Å². The zero-order chi connectivity index (χ0) is 25.0. The summed E-state index contributed by atoms with van der Waals surface area (Å²) in [5, 5.41) is 13.2. The Hall–Kier alpha value is -4.35. The highest BCUT2D eigenvalue weighted by atomic mass is 16.2. The number of anilines is 1. The Labute approximate surface area is 205 Å². The van der Waals surface area contributed by atoms with Crippen molar-refractivity contribution in [3.63, 3.8) is 0 Å². The number of amides is 4. The molecule has 1 aliphatic carbocycles. The fourth-order valence-electron chi connectivity index (χ4n) is 5.14. The lowest BCUT2D eigenvalue weighted by molar-refractivity contribution is -0.136. The van der Waals surface area contributed by atoms with Crippen LogP contribution in [-0.4, -0.2) is 59.1 Å². The summed E-state index contributed by atoms with van der Waals surface area (Å²) in [4.78, 5) is 55.7. The number of piperidine rings is 1. The fraction of sp³-hybridized carbons (Fsp3) is 0.375. The first-order chi connectivity index (χ1) is 17.4. The highest BCUT2D eigenvalue weighted by Crippen LogP contribution is 2.29. The molecular formula is C24H24N8O4. The van der Waals surface area contributed by atoms with Crippen molar-refractivity contribution in [2.45, 2.75) is 51.1 Å². The van der Waals surface area contributed by atoms with Crippen molar-refractivity contribution in [2.75, 3.05) is 5.32 Å². The average molecular weight is 489 g/mol. The molecular weight excluding hydrogens is 464 g/mol. The molecule has 0 bridgehead atoms. The third-order valence-corrected chi connectivity index (χ3v) is 7.10. The second-order valence-electron chi connectivity index (χ2n) is 9.34. The van der Waals surface area contributed by atoms with E-state index in [0.29, 0.717) is 30.2 Å². The van der Waals surface area contributed by atoms with E-state index >= 15 is 0 Å². The number of nitrogens with one attached hydrogen (secondary N) is 2. The van der Waals surface area contributed by atoms with Crippen LogP contribution in [0.5, 0.6) is 0 Å². The zero-order valence-corrected chi connectivity index (χ0v) is 19.7. The molecule has 1 atom stereocenters. The molecule has 6 rings (SSSR count). The number of aromatic nitrogens is 5. The van der Waals surface area contributed by atoms with Crippen LogP contribution in [0.1, 0.15) is 63.5 Å². The van der Waals surface area contributed by atoms with Crippen LogP contribution in [0.2, 0.25) is 0 Å². The third kappa shape index (κ3) is 3.65. The molecule has 1 unspecified atom stereocenters. The first-order valence-electron chi connectivity index (χ1n) is 11.9. The molecule has 0 spiro atoms. The van der Waals surface area contributed by atoms with Gasteiger partial charge in [0.15, 0.2) is 5.69 Å². The van der Waals surface area contributed by atoms with Crippen molar-refractivity contribution < 1.29 is 19.2 Å². The lowest BCUT2D eigenvalue weighted by Gasteiger charge is -2.29. The van der Waals surface area contributed by atoms with E-state index in [4.69, 9.17) is 0 Å². The molecule has 0 radical (unpaired) electrons. The topological polar surface area (TPSA) is 144 Å². The van der Waals surface area contributed by atoms with Crippen LogP contribution >= 0.6 is 0 Å². The molecule has 12 nitrogen and oxygen atoms in total. The minimum absolute atomic E-state index is 0.118. The van der Waals surface area contributed by atoms with Crippen LogP contribution < -0.4 is 10.6 Å². The first-order valence-corrected chi connectivity index (χ1v) is 11.9. The van der Waals surface area contributed by atoms with Crippen LogP contribution in [0.4, 0.5) is 5.95 Å². The maximum Gasteiger partial charge on any atom is 0.280 e. The molecule has 3 aliphatic rings. The lowest BCUT2D eigenvalue weighted by Crippen LogP contribution is -2.52. The van der Waals surface area contributed by atoms with E-state index in [-0.39, 0.29) is 23.9 Å². The zero-order valence-electron chi connectivity index (χ0n) is 19.7. The van der Waals surface area contributed by atoms with Crippen LogP contribution in [0.25, 0.3) is 5.69 Å². The standard InChI is InChI=1S/C24H24N8O4/c1-30-18-5-3-2-4-16(18)25-24(30)27-21(34)17-12-32(29-28-17)14-7-6-13-11-31(23(36)15(13)10-14)19-8-9-20(33)26-22(19)35/h6-7,10,12,19H,2-5,8-9,11H2,1H3,(H,25,27,34)(H,26,33,35). The van der Waals surface area contributed by atoms with Gasteiger partial charge in [0, 0.05) is 31.3 Å². The van der Waals surface area contributed by atoms with E-state index in [2.05, 4.69) is 25.9 Å². The predicted molar refractivity (Wildman–Crippen MR) is 125 cm³/mol. The lowest BCUT2D eigenvalue weighted by atomic mass is 10.0. The molecule has 1 fully saturated rings. The summed E-state index contributed by atoms with van der Waals surface area (Å²) < 4.78 is 3.34. The van der Waals surface area contributed by atoms with Gasteiger partial charge >= 0.3 is 0 Å². The first kappa shape index (κ1) is 22.1. The van der Waals surface area contributed by atoms with E-state index in [1.165, 1.54) is 15.8 Å². The molecule has 36 heavy (non-hydrogen) atoms. The van der Waals surface area contributed by atoms with Gasteiger partial charge < -0.3 is 9.47 Å². The molecule has 0 saturated carbocycles. The molecule has 1 aromatic carbocycles. The van der Waals surface area contributed by atoms with Gasteiger partial charge in [0.1, 0.15) is 6.04 Å². The van der Waals surface area contributed by atoms with Gasteiger partial charge in [0.05, 0.1) is 17.6 Å². The van der Waals surface area contributed by atoms with Crippen LogP contribution in [-0.2, 0) is 36.0 Å². The Balaban J connectivity index is 1.19. The number of hydrogen-bond donors (Lipinski definition) is 2. The second-order valence-corrected chi connectivity index (χ2v) is 9.34. The molecule has 2 aromatic heterocycles. The number of nitrogens with zero attached hydrogens (tertiary/aromatic N) is 6. The Morgan fingerprint density at radius 3 is 2.78 bits per heavy atom. The van der Waals surface area contributed by atoms with E-state index < -0.39 is 17.9 Å². The highest BCUT2D eigenvalue weighted by Gasteiger charge is 2.39. The van der Waals surface area contributed by atoms with Crippen molar-refractivity contribution in [1.29, 1.82) is 0 Å². The largest absolute Gasteiger partial charge is 0.322 e. The van der Waals surface area contributed by atoms with Crippen molar-refractivity contribution in [3.8, 4) is 5.69 Å². The summed E-state index contributed by atoms with van der Waals surface area (Å²) in [6.07, 6.45) is 6.07.